The second-order valence-corrected chi connectivity index (χ2v) is 2.24. The van der Waals surface area contributed by atoms with Crippen molar-refractivity contribution in [2.24, 2.45) is 0 Å². The molecule has 0 spiro atoms. The van der Waals surface area contributed by atoms with Crippen molar-refractivity contribution in [2.75, 3.05) is 17.6 Å². The highest BCUT2D eigenvalue weighted by Crippen LogP contribution is 2.02. The molecule has 3 N–H and O–H groups in total. The van der Waals surface area contributed by atoms with Gasteiger partial charge in [-0.1, -0.05) is 13.3 Å². The second kappa shape index (κ2) is 3.80. The first-order valence-electron chi connectivity index (χ1n) is 3.66. The summed E-state index contributed by atoms with van der Waals surface area (Å²) < 4.78 is 4.55. The van der Waals surface area contributed by atoms with Gasteiger partial charge in [0.25, 0.3) is 5.95 Å². The van der Waals surface area contributed by atoms with Gasteiger partial charge in [-0.3, -0.25) is 0 Å². The van der Waals surface area contributed by atoms with Crippen LogP contribution in [-0.4, -0.2) is 16.7 Å². The Morgan fingerprint density at radius 1 is 1.64 bits per heavy atom. The van der Waals surface area contributed by atoms with E-state index in [1.807, 2.05) is 0 Å². The fraction of sp³-hybridized carbons (Fsp3) is 0.667. The van der Waals surface area contributed by atoms with Gasteiger partial charge in [-0.15, -0.1) is 0 Å². The SMILES string of the molecule is CCCCNc1noc(N)n1. The van der Waals surface area contributed by atoms with E-state index in [0.29, 0.717) is 5.95 Å². The number of nitrogens with two attached hydrogens (primary N) is 1. The molecule has 0 aromatic carbocycles. The van der Waals surface area contributed by atoms with Crippen molar-refractivity contribution < 1.29 is 4.52 Å². The van der Waals surface area contributed by atoms with E-state index in [1.165, 1.54) is 0 Å². The van der Waals surface area contributed by atoms with Crippen LogP contribution in [0.15, 0.2) is 4.52 Å². The first kappa shape index (κ1) is 7.84. The van der Waals surface area contributed by atoms with Gasteiger partial charge in [0.1, 0.15) is 0 Å². The molecule has 5 nitrogen and oxygen atoms in total. The number of rotatable bonds is 4. The fourth-order valence-electron chi connectivity index (χ4n) is 0.684. The number of hydrogen-bond acceptors (Lipinski definition) is 5. The Morgan fingerprint density at radius 2 is 2.45 bits per heavy atom. The Hall–Kier alpha value is -1.26. The molecule has 5 heteroatoms. The lowest BCUT2D eigenvalue weighted by molar-refractivity contribution is 0.437. The minimum absolute atomic E-state index is 0.101. The van der Waals surface area contributed by atoms with Crippen LogP contribution in [0.1, 0.15) is 19.8 Å². The van der Waals surface area contributed by atoms with Crippen LogP contribution in [0, 0.1) is 0 Å². The van der Waals surface area contributed by atoms with Crippen molar-refractivity contribution in [1.82, 2.24) is 10.1 Å². The van der Waals surface area contributed by atoms with E-state index >= 15 is 0 Å². The van der Waals surface area contributed by atoms with Crippen molar-refractivity contribution in [2.45, 2.75) is 19.8 Å². The monoisotopic (exact) mass is 156 g/mol. The normalized spacial score (nSPS) is 9.91. The van der Waals surface area contributed by atoms with Crippen LogP contribution in [0.2, 0.25) is 0 Å². The molecule has 1 aromatic heterocycles. The van der Waals surface area contributed by atoms with E-state index in [0.717, 1.165) is 19.4 Å². The third kappa shape index (κ3) is 2.45. The number of nitrogens with one attached hydrogen (secondary N) is 1. The van der Waals surface area contributed by atoms with E-state index in [9.17, 15) is 0 Å². The summed E-state index contributed by atoms with van der Waals surface area (Å²) in [5, 5.41) is 6.54. The molecule has 0 unspecified atom stereocenters. The summed E-state index contributed by atoms with van der Waals surface area (Å²) in [5.41, 5.74) is 5.20. The molecule has 0 aliphatic rings. The van der Waals surface area contributed by atoms with Crippen LogP contribution in [0.4, 0.5) is 12.0 Å². The Balaban J connectivity index is 2.27. The van der Waals surface area contributed by atoms with Crippen LogP contribution in [-0.2, 0) is 0 Å². The molecule has 11 heavy (non-hydrogen) atoms. The van der Waals surface area contributed by atoms with Gasteiger partial charge in [0, 0.05) is 6.54 Å². The molecule has 1 heterocycles. The molecule has 0 amide bonds. The standard InChI is InChI=1S/C6H12N4O/c1-2-3-4-8-6-9-5(7)11-10-6/h2-4H2,1H3,(H3,7,8,9,10). The lowest BCUT2D eigenvalue weighted by atomic mass is 10.3. The van der Waals surface area contributed by atoms with Crippen molar-refractivity contribution >= 4 is 12.0 Å². The summed E-state index contributed by atoms with van der Waals surface area (Å²) in [6.45, 7) is 2.97. The predicted octanol–water partition coefficient (Wildman–Crippen LogP) is 0.864. The van der Waals surface area contributed by atoms with E-state index in [4.69, 9.17) is 5.73 Å². The Labute approximate surface area is 65.0 Å². The Kier molecular flexibility index (Phi) is 2.71. The van der Waals surface area contributed by atoms with Crippen molar-refractivity contribution in [3.8, 4) is 0 Å². The lowest BCUT2D eigenvalue weighted by Gasteiger charge is -1.96. The van der Waals surface area contributed by atoms with Crippen LogP contribution >= 0.6 is 0 Å². The van der Waals surface area contributed by atoms with Gasteiger partial charge in [-0.05, 0) is 11.6 Å². The molecular formula is C6H12N4O. The Morgan fingerprint density at radius 3 is 3.00 bits per heavy atom. The van der Waals surface area contributed by atoms with Crippen LogP contribution in [0.25, 0.3) is 0 Å². The summed E-state index contributed by atoms with van der Waals surface area (Å²) in [4.78, 5) is 3.77. The molecule has 1 aromatic rings. The maximum Gasteiger partial charge on any atom is 0.320 e. The topological polar surface area (TPSA) is 77.0 Å². The second-order valence-electron chi connectivity index (χ2n) is 2.24. The third-order valence-corrected chi connectivity index (χ3v) is 1.26. The molecule has 0 atom stereocenters. The number of unbranched alkanes of at least 4 members (excludes halogenated alkanes) is 1. The molecule has 0 aliphatic carbocycles. The van der Waals surface area contributed by atoms with E-state index in [2.05, 4.69) is 26.9 Å². The molecule has 62 valence electrons. The molecule has 0 saturated heterocycles. The average Bonchev–Trinajstić information content (AvgIpc) is 2.37. The number of aromatic nitrogens is 2. The highest BCUT2D eigenvalue weighted by Gasteiger charge is 1.98. The molecule has 0 bridgehead atoms. The van der Waals surface area contributed by atoms with Crippen LogP contribution in [0.5, 0.6) is 0 Å². The highest BCUT2D eigenvalue weighted by molar-refractivity contribution is 5.26. The summed E-state index contributed by atoms with van der Waals surface area (Å²) in [6.07, 6.45) is 2.23. The van der Waals surface area contributed by atoms with Crippen molar-refractivity contribution in [1.29, 1.82) is 0 Å². The minimum Gasteiger partial charge on any atom is -0.352 e. The van der Waals surface area contributed by atoms with Crippen molar-refractivity contribution in [3.63, 3.8) is 0 Å². The number of nitrogen functional groups attached to an aromatic ring is 1. The van der Waals surface area contributed by atoms with E-state index < -0.39 is 0 Å². The average molecular weight is 156 g/mol. The van der Waals surface area contributed by atoms with Crippen LogP contribution in [0.3, 0.4) is 0 Å². The Bertz CT molecular complexity index is 210. The summed E-state index contributed by atoms with van der Waals surface area (Å²) in [7, 11) is 0. The zero-order valence-corrected chi connectivity index (χ0v) is 6.50. The first-order chi connectivity index (χ1) is 5.33. The zero-order chi connectivity index (χ0) is 8.10. The molecule has 0 fully saturated rings. The number of nitrogens with zero attached hydrogens (tertiary/aromatic N) is 2. The van der Waals surface area contributed by atoms with Gasteiger partial charge < -0.3 is 15.6 Å². The van der Waals surface area contributed by atoms with Crippen LogP contribution < -0.4 is 11.1 Å². The first-order valence-corrected chi connectivity index (χ1v) is 3.66. The van der Waals surface area contributed by atoms with Gasteiger partial charge >= 0.3 is 6.01 Å². The largest absolute Gasteiger partial charge is 0.352 e. The fourth-order valence-corrected chi connectivity index (χ4v) is 0.684. The predicted molar refractivity (Wildman–Crippen MR) is 42.1 cm³/mol. The summed E-state index contributed by atoms with van der Waals surface area (Å²) in [6, 6.07) is 0.101. The van der Waals surface area contributed by atoms with Crippen molar-refractivity contribution in [3.05, 3.63) is 0 Å². The molecule has 0 saturated carbocycles. The molecule has 0 radical (unpaired) electrons. The van der Waals surface area contributed by atoms with Gasteiger partial charge in [0.05, 0.1) is 0 Å². The van der Waals surface area contributed by atoms with Gasteiger partial charge in [-0.2, -0.15) is 4.98 Å². The summed E-state index contributed by atoms with van der Waals surface area (Å²) in [5.74, 6) is 0.468. The van der Waals surface area contributed by atoms with E-state index in [-0.39, 0.29) is 6.01 Å². The third-order valence-electron chi connectivity index (χ3n) is 1.26. The number of hydrogen-bond donors (Lipinski definition) is 2. The maximum atomic E-state index is 5.20. The lowest BCUT2D eigenvalue weighted by Crippen LogP contribution is -2.02. The minimum atomic E-state index is 0.101. The molecule has 1 rings (SSSR count). The molecule has 0 aliphatic heterocycles. The molecular weight excluding hydrogens is 144 g/mol. The quantitative estimate of drug-likeness (QED) is 0.632. The highest BCUT2D eigenvalue weighted by atomic mass is 16.5. The smallest absolute Gasteiger partial charge is 0.320 e. The summed E-state index contributed by atoms with van der Waals surface area (Å²) >= 11 is 0. The van der Waals surface area contributed by atoms with Gasteiger partial charge in [-0.25, -0.2) is 0 Å². The van der Waals surface area contributed by atoms with Gasteiger partial charge in [0.2, 0.25) is 0 Å². The number of anilines is 2. The van der Waals surface area contributed by atoms with Gasteiger partial charge in [0.15, 0.2) is 0 Å². The van der Waals surface area contributed by atoms with E-state index in [1.54, 1.807) is 0 Å². The maximum absolute atomic E-state index is 5.20. The zero-order valence-electron chi connectivity index (χ0n) is 6.50.